The normalized spacial score (nSPS) is 10.0. The number of carbonyl (C=O) groups excluding carboxylic acids is 1. The van der Waals surface area contributed by atoms with Crippen molar-refractivity contribution in [3.8, 4) is 5.75 Å². The summed E-state index contributed by atoms with van der Waals surface area (Å²) >= 11 is 0. The molecule has 5 heteroatoms. The predicted molar refractivity (Wildman–Crippen MR) is 72.7 cm³/mol. The van der Waals surface area contributed by atoms with E-state index in [-0.39, 0.29) is 23.4 Å². The summed E-state index contributed by atoms with van der Waals surface area (Å²) in [6, 6.07) is 12.4. The van der Waals surface area contributed by atoms with Gasteiger partial charge in [-0.3, -0.25) is 4.79 Å². The van der Waals surface area contributed by atoms with Gasteiger partial charge in [0, 0.05) is 6.54 Å². The van der Waals surface area contributed by atoms with Crippen LogP contribution < -0.4 is 5.32 Å². The summed E-state index contributed by atoms with van der Waals surface area (Å²) in [6.07, 6.45) is 0. The van der Waals surface area contributed by atoms with Crippen molar-refractivity contribution in [1.82, 2.24) is 5.32 Å². The number of rotatable bonds is 4. The molecule has 1 amide bonds. The first-order valence-electron chi connectivity index (χ1n) is 5.96. The van der Waals surface area contributed by atoms with E-state index in [1.54, 1.807) is 24.3 Å². The summed E-state index contributed by atoms with van der Waals surface area (Å²) in [6.45, 7) is 0.257. The Morgan fingerprint density at radius 3 is 2.15 bits per heavy atom. The molecule has 0 saturated carbocycles. The smallest absolute Gasteiger partial charge is 0.336 e. The van der Waals surface area contributed by atoms with Gasteiger partial charge in [0.15, 0.2) is 0 Å². The van der Waals surface area contributed by atoms with Crippen LogP contribution in [0, 0.1) is 0 Å². The summed E-state index contributed by atoms with van der Waals surface area (Å²) in [4.78, 5) is 23.0. The SMILES string of the molecule is O=C(O)c1ccccc1C(=O)NCc1ccc(O)cc1. The molecule has 5 nitrogen and oxygen atoms in total. The van der Waals surface area contributed by atoms with Crippen LogP contribution in [0.3, 0.4) is 0 Å². The Labute approximate surface area is 115 Å². The van der Waals surface area contributed by atoms with Gasteiger partial charge in [-0.05, 0) is 29.8 Å². The fraction of sp³-hybridized carbons (Fsp3) is 0.0667. The van der Waals surface area contributed by atoms with E-state index in [0.717, 1.165) is 5.56 Å². The molecule has 0 aliphatic heterocycles. The van der Waals surface area contributed by atoms with Crippen LogP contribution in [-0.4, -0.2) is 22.1 Å². The lowest BCUT2D eigenvalue weighted by Crippen LogP contribution is -2.24. The largest absolute Gasteiger partial charge is 0.508 e. The molecule has 0 spiro atoms. The predicted octanol–water partition coefficient (Wildman–Crippen LogP) is 2.02. The van der Waals surface area contributed by atoms with Gasteiger partial charge in [-0.15, -0.1) is 0 Å². The summed E-state index contributed by atoms with van der Waals surface area (Å²) in [5.41, 5.74) is 0.901. The van der Waals surface area contributed by atoms with Crippen molar-refractivity contribution in [2.75, 3.05) is 0 Å². The van der Waals surface area contributed by atoms with E-state index in [4.69, 9.17) is 10.2 Å². The number of hydrogen-bond acceptors (Lipinski definition) is 3. The molecule has 0 aliphatic carbocycles. The van der Waals surface area contributed by atoms with E-state index >= 15 is 0 Å². The van der Waals surface area contributed by atoms with Crippen LogP contribution in [0.1, 0.15) is 26.3 Å². The number of amides is 1. The number of nitrogens with one attached hydrogen (secondary N) is 1. The van der Waals surface area contributed by atoms with Crippen molar-refractivity contribution in [3.05, 3.63) is 65.2 Å². The van der Waals surface area contributed by atoms with Gasteiger partial charge < -0.3 is 15.5 Å². The van der Waals surface area contributed by atoms with Crippen LogP contribution in [0.15, 0.2) is 48.5 Å². The maximum Gasteiger partial charge on any atom is 0.336 e. The molecule has 2 aromatic rings. The molecular formula is C15H13NO4. The second kappa shape index (κ2) is 5.88. The maximum atomic E-state index is 12.0. The lowest BCUT2D eigenvalue weighted by molar-refractivity contribution is 0.0691. The highest BCUT2D eigenvalue weighted by Gasteiger charge is 2.15. The van der Waals surface area contributed by atoms with Gasteiger partial charge in [0.25, 0.3) is 5.91 Å². The molecule has 102 valence electrons. The molecule has 2 aromatic carbocycles. The van der Waals surface area contributed by atoms with Crippen molar-refractivity contribution in [1.29, 1.82) is 0 Å². The summed E-state index contributed by atoms with van der Waals surface area (Å²) in [5, 5.41) is 20.8. The zero-order valence-corrected chi connectivity index (χ0v) is 10.5. The minimum absolute atomic E-state index is 0.0318. The number of phenols is 1. The molecule has 0 aliphatic rings. The molecule has 0 saturated heterocycles. The average molecular weight is 271 g/mol. The minimum atomic E-state index is -1.14. The maximum absolute atomic E-state index is 12.0. The van der Waals surface area contributed by atoms with Crippen molar-refractivity contribution in [2.24, 2.45) is 0 Å². The third-order valence-electron chi connectivity index (χ3n) is 2.79. The zero-order valence-electron chi connectivity index (χ0n) is 10.5. The molecule has 3 N–H and O–H groups in total. The number of carboxylic acid groups (broad SMARTS) is 1. The molecule has 0 atom stereocenters. The number of carboxylic acids is 1. The van der Waals surface area contributed by atoms with Crippen LogP contribution >= 0.6 is 0 Å². The summed E-state index contributed by atoms with van der Waals surface area (Å²) in [7, 11) is 0. The van der Waals surface area contributed by atoms with Crippen LogP contribution in [-0.2, 0) is 6.54 Å². The minimum Gasteiger partial charge on any atom is -0.508 e. The molecular weight excluding hydrogens is 258 g/mol. The quantitative estimate of drug-likeness (QED) is 0.794. The van der Waals surface area contributed by atoms with E-state index in [1.807, 2.05) is 0 Å². The molecule has 0 heterocycles. The molecule has 20 heavy (non-hydrogen) atoms. The highest BCUT2D eigenvalue weighted by Crippen LogP contribution is 2.11. The molecule has 0 unspecified atom stereocenters. The van der Waals surface area contributed by atoms with Gasteiger partial charge in [0.05, 0.1) is 11.1 Å². The van der Waals surface area contributed by atoms with Gasteiger partial charge in [-0.25, -0.2) is 4.79 Å². The van der Waals surface area contributed by atoms with Crippen molar-refractivity contribution in [2.45, 2.75) is 6.54 Å². The second-order valence-electron chi connectivity index (χ2n) is 4.20. The highest BCUT2D eigenvalue weighted by atomic mass is 16.4. The van der Waals surface area contributed by atoms with E-state index < -0.39 is 11.9 Å². The topological polar surface area (TPSA) is 86.6 Å². The van der Waals surface area contributed by atoms with E-state index in [1.165, 1.54) is 24.3 Å². The third-order valence-corrected chi connectivity index (χ3v) is 2.79. The van der Waals surface area contributed by atoms with Gasteiger partial charge in [-0.1, -0.05) is 24.3 Å². The zero-order chi connectivity index (χ0) is 14.5. The number of hydrogen-bond donors (Lipinski definition) is 3. The first-order valence-corrected chi connectivity index (χ1v) is 5.96. The Bertz CT molecular complexity index is 635. The molecule has 0 fully saturated rings. The molecule has 0 bridgehead atoms. The molecule has 2 rings (SSSR count). The lowest BCUT2D eigenvalue weighted by Gasteiger charge is -2.07. The lowest BCUT2D eigenvalue weighted by atomic mass is 10.1. The van der Waals surface area contributed by atoms with Crippen LogP contribution in [0.25, 0.3) is 0 Å². The Morgan fingerprint density at radius 2 is 1.55 bits per heavy atom. The Morgan fingerprint density at radius 1 is 0.950 bits per heavy atom. The first kappa shape index (κ1) is 13.6. The Hall–Kier alpha value is -2.82. The van der Waals surface area contributed by atoms with Crippen LogP contribution in [0.5, 0.6) is 5.75 Å². The standard InChI is InChI=1S/C15H13NO4/c17-11-7-5-10(6-8-11)9-16-14(18)12-3-1-2-4-13(12)15(19)20/h1-8,17H,9H2,(H,16,18)(H,19,20). The van der Waals surface area contributed by atoms with Crippen molar-refractivity contribution >= 4 is 11.9 Å². The number of phenolic OH excluding ortho intramolecular Hbond substituents is 1. The number of aromatic hydroxyl groups is 1. The van der Waals surface area contributed by atoms with Gasteiger partial charge in [-0.2, -0.15) is 0 Å². The Balaban J connectivity index is 2.09. The number of aromatic carboxylic acids is 1. The van der Waals surface area contributed by atoms with E-state index in [9.17, 15) is 9.59 Å². The Kier molecular flexibility index (Phi) is 4.00. The fourth-order valence-corrected chi connectivity index (χ4v) is 1.76. The molecule has 0 radical (unpaired) electrons. The van der Waals surface area contributed by atoms with Crippen LogP contribution in [0.2, 0.25) is 0 Å². The van der Waals surface area contributed by atoms with Crippen molar-refractivity contribution < 1.29 is 19.8 Å². The fourth-order valence-electron chi connectivity index (χ4n) is 1.76. The third kappa shape index (κ3) is 3.14. The van der Waals surface area contributed by atoms with Gasteiger partial charge in [0.2, 0.25) is 0 Å². The van der Waals surface area contributed by atoms with Crippen LogP contribution in [0.4, 0.5) is 0 Å². The summed E-state index contributed by atoms with van der Waals surface area (Å²) < 4.78 is 0. The van der Waals surface area contributed by atoms with Gasteiger partial charge >= 0.3 is 5.97 Å². The molecule has 0 aromatic heterocycles. The average Bonchev–Trinajstić information content (AvgIpc) is 2.46. The second-order valence-corrected chi connectivity index (χ2v) is 4.20. The van der Waals surface area contributed by atoms with E-state index in [0.29, 0.717) is 0 Å². The number of carbonyl (C=O) groups is 2. The first-order chi connectivity index (χ1) is 9.58. The van der Waals surface area contributed by atoms with Crippen molar-refractivity contribution in [3.63, 3.8) is 0 Å². The van der Waals surface area contributed by atoms with Gasteiger partial charge in [0.1, 0.15) is 5.75 Å². The monoisotopic (exact) mass is 271 g/mol. The number of benzene rings is 2. The van der Waals surface area contributed by atoms with E-state index in [2.05, 4.69) is 5.32 Å². The highest BCUT2D eigenvalue weighted by molar-refractivity contribution is 6.04. The summed E-state index contributed by atoms with van der Waals surface area (Å²) in [5.74, 6) is -1.44.